The van der Waals surface area contributed by atoms with Crippen molar-refractivity contribution in [2.24, 2.45) is 23.7 Å². The Bertz CT molecular complexity index is 631. The minimum atomic E-state index is 0.600. The fraction of sp³-hybridized carbons (Fsp3) is 0.533. The van der Waals surface area contributed by atoms with E-state index in [1.807, 2.05) is 18.2 Å². The molecule has 0 spiro atoms. The lowest BCUT2D eigenvalue weighted by molar-refractivity contribution is 0.447. The van der Waals surface area contributed by atoms with Crippen molar-refractivity contribution in [1.82, 2.24) is 4.98 Å². The summed E-state index contributed by atoms with van der Waals surface area (Å²) in [5.41, 5.74) is 8.38. The number of nitrogens with two attached hydrogens (primary N) is 1. The van der Waals surface area contributed by atoms with E-state index in [1.54, 1.807) is 0 Å². The summed E-state index contributed by atoms with van der Waals surface area (Å²) in [6.07, 6.45) is 4.34. The van der Waals surface area contributed by atoms with Gasteiger partial charge in [-0.25, -0.2) is 4.98 Å². The zero-order chi connectivity index (χ0) is 11.9. The van der Waals surface area contributed by atoms with Crippen molar-refractivity contribution in [3.63, 3.8) is 0 Å². The number of para-hydroxylation sites is 1. The third-order valence-corrected chi connectivity index (χ3v) is 5.49. The predicted octanol–water partition coefficient (Wildman–Crippen LogP) is 3.17. The molecule has 5 rings (SSSR count). The molecular formula is C15H16N2O. The normalized spacial score (nSPS) is 40.3. The van der Waals surface area contributed by atoms with Crippen LogP contribution in [0.1, 0.15) is 31.1 Å². The zero-order valence-corrected chi connectivity index (χ0v) is 10.2. The van der Waals surface area contributed by atoms with Crippen LogP contribution in [-0.2, 0) is 0 Å². The SMILES string of the molecule is Nc1cccc2oc(C3C4C5CCC(C5)C34)nc12. The predicted molar refractivity (Wildman–Crippen MR) is 69.0 cm³/mol. The van der Waals surface area contributed by atoms with E-state index in [-0.39, 0.29) is 0 Å². The van der Waals surface area contributed by atoms with E-state index in [1.165, 1.54) is 19.3 Å². The largest absolute Gasteiger partial charge is 0.440 e. The zero-order valence-electron chi connectivity index (χ0n) is 10.2. The first-order valence-electron chi connectivity index (χ1n) is 6.98. The van der Waals surface area contributed by atoms with Gasteiger partial charge in [-0.3, -0.25) is 0 Å². The molecule has 2 bridgehead atoms. The van der Waals surface area contributed by atoms with E-state index in [4.69, 9.17) is 10.2 Å². The molecule has 2 aromatic rings. The molecule has 0 saturated heterocycles. The van der Waals surface area contributed by atoms with Gasteiger partial charge in [0.25, 0.3) is 0 Å². The molecule has 0 aliphatic heterocycles. The number of nitrogen functional groups attached to an aromatic ring is 1. The van der Waals surface area contributed by atoms with Crippen LogP contribution in [0.3, 0.4) is 0 Å². The van der Waals surface area contributed by atoms with E-state index >= 15 is 0 Å². The Balaban J connectivity index is 1.59. The van der Waals surface area contributed by atoms with Gasteiger partial charge in [0.15, 0.2) is 11.5 Å². The molecule has 4 unspecified atom stereocenters. The van der Waals surface area contributed by atoms with Crippen LogP contribution in [-0.4, -0.2) is 4.98 Å². The van der Waals surface area contributed by atoms with Gasteiger partial charge in [0.1, 0.15) is 5.52 Å². The van der Waals surface area contributed by atoms with Crippen LogP contribution in [0, 0.1) is 23.7 Å². The second-order valence-electron chi connectivity index (χ2n) is 6.26. The van der Waals surface area contributed by atoms with Gasteiger partial charge in [0, 0.05) is 5.92 Å². The molecule has 2 N–H and O–H groups in total. The highest BCUT2D eigenvalue weighted by Gasteiger charge is 2.67. The summed E-state index contributed by atoms with van der Waals surface area (Å²) >= 11 is 0. The monoisotopic (exact) mass is 240 g/mol. The Hall–Kier alpha value is -1.51. The lowest BCUT2D eigenvalue weighted by atomic mass is 10.0. The number of rotatable bonds is 1. The Labute approximate surface area is 105 Å². The molecule has 3 nitrogen and oxygen atoms in total. The van der Waals surface area contributed by atoms with Gasteiger partial charge < -0.3 is 10.2 Å². The van der Waals surface area contributed by atoms with Crippen molar-refractivity contribution in [3.05, 3.63) is 24.1 Å². The number of aromatic nitrogens is 1. The Morgan fingerprint density at radius 1 is 1.17 bits per heavy atom. The number of anilines is 1. The summed E-state index contributed by atoms with van der Waals surface area (Å²) in [5.74, 6) is 5.21. The first-order valence-corrected chi connectivity index (χ1v) is 6.98. The number of fused-ring (bicyclic) bond motifs is 6. The maximum absolute atomic E-state index is 5.95. The number of nitrogens with zero attached hydrogens (tertiary/aromatic N) is 1. The van der Waals surface area contributed by atoms with Crippen LogP contribution >= 0.6 is 0 Å². The lowest BCUT2D eigenvalue weighted by Crippen LogP contribution is -1.97. The second kappa shape index (κ2) is 2.90. The summed E-state index contributed by atoms with van der Waals surface area (Å²) in [6, 6.07) is 5.80. The summed E-state index contributed by atoms with van der Waals surface area (Å²) in [4.78, 5) is 4.66. The molecule has 4 atom stereocenters. The minimum absolute atomic E-state index is 0.600. The van der Waals surface area contributed by atoms with Gasteiger partial charge in [-0.2, -0.15) is 0 Å². The molecule has 3 fully saturated rings. The quantitative estimate of drug-likeness (QED) is 0.779. The first kappa shape index (κ1) is 9.42. The lowest BCUT2D eigenvalue weighted by Gasteiger charge is -2.04. The molecule has 1 heterocycles. The number of benzene rings is 1. The number of oxazole rings is 1. The molecule has 1 aromatic carbocycles. The van der Waals surface area contributed by atoms with Crippen LogP contribution < -0.4 is 5.73 Å². The number of hydrogen-bond donors (Lipinski definition) is 1. The van der Waals surface area contributed by atoms with Crippen molar-refractivity contribution < 1.29 is 4.42 Å². The third-order valence-electron chi connectivity index (χ3n) is 5.49. The molecule has 0 radical (unpaired) electrons. The van der Waals surface area contributed by atoms with Crippen molar-refractivity contribution >= 4 is 16.8 Å². The van der Waals surface area contributed by atoms with Crippen molar-refractivity contribution in [3.8, 4) is 0 Å². The highest BCUT2D eigenvalue weighted by molar-refractivity contribution is 5.85. The van der Waals surface area contributed by atoms with Crippen molar-refractivity contribution in [1.29, 1.82) is 0 Å². The smallest absolute Gasteiger partial charge is 0.199 e. The molecule has 0 amide bonds. The molecule has 18 heavy (non-hydrogen) atoms. The average Bonchev–Trinajstić information content (AvgIpc) is 2.77. The summed E-state index contributed by atoms with van der Waals surface area (Å²) < 4.78 is 5.94. The second-order valence-corrected chi connectivity index (χ2v) is 6.26. The minimum Gasteiger partial charge on any atom is -0.440 e. The van der Waals surface area contributed by atoms with E-state index < -0.39 is 0 Å². The van der Waals surface area contributed by atoms with E-state index in [2.05, 4.69) is 4.98 Å². The summed E-state index contributed by atoms with van der Waals surface area (Å²) in [5, 5.41) is 0. The molecular weight excluding hydrogens is 224 g/mol. The Morgan fingerprint density at radius 2 is 1.94 bits per heavy atom. The van der Waals surface area contributed by atoms with E-state index in [0.29, 0.717) is 5.92 Å². The maximum atomic E-state index is 5.95. The van der Waals surface area contributed by atoms with Crippen LogP contribution in [0.4, 0.5) is 5.69 Å². The fourth-order valence-corrected chi connectivity index (χ4v) is 4.78. The van der Waals surface area contributed by atoms with Gasteiger partial charge in [0.2, 0.25) is 0 Å². The molecule has 3 heteroatoms. The van der Waals surface area contributed by atoms with Crippen molar-refractivity contribution in [2.45, 2.75) is 25.2 Å². The van der Waals surface area contributed by atoms with Crippen molar-refractivity contribution in [2.75, 3.05) is 5.73 Å². The van der Waals surface area contributed by atoms with Gasteiger partial charge in [0.05, 0.1) is 5.69 Å². The average molecular weight is 240 g/mol. The van der Waals surface area contributed by atoms with Crippen LogP contribution in [0.2, 0.25) is 0 Å². The van der Waals surface area contributed by atoms with Crippen LogP contribution in [0.5, 0.6) is 0 Å². The molecule has 92 valence electrons. The van der Waals surface area contributed by atoms with Gasteiger partial charge in [-0.05, 0) is 55.1 Å². The Kier molecular flexibility index (Phi) is 1.52. The summed E-state index contributed by atoms with van der Waals surface area (Å²) in [6.45, 7) is 0. The first-order chi connectivity index (χ1) is 8.83. The molecule has 3 saturated carbocycles. The molecule has 3 aliphatic carbocycles. The Morgan fingerprint density at radius 3 is 2.67 bits per heavy atom. The fourth-order valence-electron chi connectivity index (χ4n) is 4.78. The van der Waals surface area contributed by atoms with E-state index in [9.17, 15) is 0 Å². The molecule has 3 aliphatic rings. The highest BCUT2D eigenvalue weighted by Crippen LogP contribution is 2.73. The van der Waals surface area contributed by atoms with Gasteiger partial charge in [-0.1, -0.05) is 6.07 Å². The van der Waals surface area contributed by atoms with E-state index in [0.717, 1.165) is 46.3 Å². The summed E-state index contributed by atoms with van der Waals surface area (Å²) in [7, 11) is 0. The van der Waals surface area contributed by atoms with Crippen LogP contribution in [0.25, 0.3) is 11.1 Å². The number of hydrogen-bond acceptors (Lipinski definition) is 3. The molecule has 1 aromatic heterocycles. The third kappa shape index (κ3) is 0.995. The van der Waals surface area contributed by atoms with Gasteiger partial charge in [-0.15, -0.1) is 0 Å². The van der Waals surface area contributed by atoms with Gasteiger partial charge >= 0.3 is 0 Å². The van der Waals surface area contributed by atoms with Crippen LogP contribution in [0.15, 0.2) is 22.6 Å². The maximum Gasteiger partial charge on any atom is 0.199 e. The standard InChI is InChI=1S/C15H16N2O/c16-9-2-1-3-10-14(9)17-15(18-10)13-11-7-4-5-8(6-7)12(11)13/h1-3,7-8,11-13H,4-6,16H2. The topological polar surface area (TPSA) is 52.0 Å². The highest BCUT2D eigenvalue weighted by atomic mass is 16.3.